The van der Waals surface area contributed by atoms with Crippen molar-refractivity contribution >= 4 is 55.1 Å². The van der Waals surface area contributed by atoms with Gasteiger partial charge in [-0.05, 0) is 91.1 Å². The molecule has 71 heavy (non-hydrogen) atoms. The quantitative estimate of drug-likeness (QED) is 0.0358. The highest BCUT2D eigenvalue weighted by Gasteiger charge is 2.28. The number of amides is 2. The Labute approximate surface area is 410 Å². The molecule has 0 saturated carbocycles. The summed E-state index contributed by atoms with van der Waals surface area (Å²) in [5.41, 5.74) is 11.4. The molecule has 0 atom stereocenters. The second-order valence-corrected chi connectivity index (χ2v) is 19.7. The van der Waals surface area contributed by atoms with Crippen LogP contribution < -0.4 is 35.1 Å². The molecule has 6 rings (SSSR count). The summed E-state index contributed by atoms with van der Waals surface area (Å²) >= 11 is 6.13. The van der Waals surface area contributed by atoms with E-state index in [1.165, 1.54) is 78.9 Å². The summed E-state index contributed by atoms with van der Waals surface area (Å²) in [6.07, 6.45) is -6.02. The zero-order valence-corrected chi connectivity index (χ0v) is 40.5. The van der Waals surface area contributed by atoms with Gasteiger partial charge in [0.2, 0.25) is 5.88 Å². The number of carbonyl (C=O) groups excluding carboxylic acids is 2. The Bertz CT molecular complexity index is 3120. The van der Waals surface area contributed by atoms with Crippen molar-refractivity contribution < 1.29 is 62.6 Å². The lowest BCUT2D eigenvalue weighted by molar-refractivity contribution is -0.136. The van der Waals surface area contributed by atoms with E-state index in [-0.39, 0.29) is 62.5 Å². The van der Waals surface area contributed by atoms with E-state index in [0.717, 1.165) is 12.1 Å². The zero-order valence-electron chi connectivity index (χ0n) is 38.1. The first-order valence-electron chi connectivity index (χ1n) is 21.1. The van der Waals surface area contributed by atoms with Crippen LogP contribution in [-0.4, -0.2) is 74.6 Å². The SMILES string of the molecule is CC(C)COc1cc(F)cc(-c2ccc(C(=O)NS(=O)(=O)c3cccc(N)n3)c(Cl)n2)c1.CC(C)COc1cc(F)cc(-c2ccc(C(=O)NS(=O)(=O)c3cccc(N)n3)c(OCCCC(F)(F)F)n2)c1. The average Bonchev–Trinajstić information content (AvgIpc) is 3.28. The van der Waals surface area contributed by atoms with Gasteiger partial charge in [0.05, 0.1) is 36.8 Å². The summed E-state index contributed by atoms with van der Waals surface area (Å²) < 4.78 is 136. The molecule has 0 saturated heterocycles. The first-order chi connectivity index (χ1) is 33.3. The average molecular weight is 1050 g/mol. The lowest BCUT2D eigenvalue weighted by Crippen LogP contribution is -2.31. The molecule has 0 radical (unpaired) electrons. The van der Waals surface area contributed by atoms with Crippen LogP contribution in [0.1, 0.15) is 61.3 Å². The second-order valence-electron chi connectivity index (χ2n) is 16.1. The number of halogens is 6. The molecular weight excluding hydrogens is 1000 g/mol. The number of alkyl halides is 3. The number of nitrogens with zero attached hydrogens (tertiary/aromatic N) is 4. The van der Waals surface area contributed by atoms with Crippen LogP contribution in [0.4, 0.5) is 33.6 Å². The van der Waals surface area contributed by atoms with Crippen LogP contribution in [0.3, 0.4) is 0 Å². The molecule has 25 heteroatoms. The summed E-state index contributed by atoms with van der Waals surface area (Å²) in [5.74, 6) is -2.93. The molecule has 0 aliphatic rings. The maximum absolute atomic E-state index is 14.3. The molecule has 2 aromatic carbocycles. The minimum Gasteiger partial charge on any atom is -0.493 e. The number of nitrogens with two attached hydrogens (primary N) is 2. The van der Waals surface area contributed by atoms with Gasteiger partial charge in [-0.25, -0.2) is 38.2 Å². The molecule has 0 bridgehead atoms. The number of ether oxygens (including phenoxy) is 3. The first-order valence-corrected chi connectivity index (χ1v) is 24.5. The van der Waals surface area contributed by atoms with E-state index in [2.05, 4.69) is 19.9 Å². The Morgan fingerprint density at radius 3 is 1.52 bits per heavy atom. The van der Waals surface area contributed by atoms with E-state index >= 15 is 0 Å². The molecule has 0 aliphatic carbocycles. The van der Waals surface area contributed by atoms with Crippen LogP contribution in [0.25, 0.3) is 22.5 Å². The van der Waals surface area contributed by atoms with Crippen molar-refractivity contribution in [2.24, 2.45) is 11.8 Å². The number of nitrogen functional groups attached to an aromatic ring is 2. The van der Waals surface area contributed by atoms with Crippen molar-refractivity contribution in [3.63, 3.8) is 0 Å². The normalized spacial score (nSPS) is 11.7. The van der Waals surface area contributed by atoms with Gasteiger partial charge in [-0.3, -0.25) is 9.59 Å². The molecule has 4 aromatic heterocycles. The highest BCUT2D eigenvalue weighted by atomic mass is 35.5. The third-order valence-corrected chi connectivity index (χ3v) is 11.8. The molecular formula is C46H46ClF5N8O9S2. The maximum atomic E-state index is 14.3. The van der Waals surface area contributed by atoms with Crippen LogP contribution >= 0.6 is 11.6 Å². The fourth-order valence-corrected chi connectivity index (χ4v) is 7.95. The number of benzene rings is 2. The second kappa shape index (κ2) is 23.6. The van der Waals surface area contributed by atoms with Crippen molar-refractivity contribution in [1.29, 1.82) is 0 Å². The number of hydrogen-bond acceptors (Lipinski definition) is 15. The van der Waals surface area contributed by atoms with Crippen LogP contribution in [0.15, 0.2) is 107 Å². The highest BCUT2D eigenvalue weighted by molar-refractivity contribution is 7.90. The fraction of sp³-hybridized carbons (Fsp3) is 0.261. The number of nitrogens with one attached hydrogen (secondary N) is 2. The number of rotatable bonds is 18. The van der Waals surface area contributed by atoms with Crippen LogP contribution in [0.2, 0.25) is 5.15 Å². The van der Waals surface area contributed by atoms with Gasteiger partial charge in [-0.2, -0.15) is 30.0 Å². The summed E-state index contributed by atoms with van der Waals surface area (Å²) in [4.78, 5) is 41.0. The number of sulfonamides is 2. The zero-order chi connectivity index (χ0) is 52.3. The molecule has 17 nitrogen and oxygen atoms in total. The molecule has 378 valence electrons. The van der Waals surface area contributed by atoms with E-state index in [0.29, 0.717) is 24.5 Å². The molecule has 0 unspecified atom stereocenters. The van der Waals surface area contributed by atoms with Crippen molar-refractivity contribution in [3.8, 4) is 39.9 Å². The molecule has 0 spiro atoms. The van der Waals surface area contributed by atoms with Gasteiger partial charge >= 0.3 is 6.18 Å². The summed E-state index contributed by atoms with van der Waals surface area (Å²) in [5, 5.41) is -1.20. The van der Waals surface area contributed by atoms with Crippen LogP contribution in [0.5, 0.6) is 17.4 Å². The molecule has 6 N–H and O–H groups in total. The molecule has 0 fully saturated rings. The number of carbonyl (C=O) groups is 2. The predicted octanol–water partition coefficient (Wildman–Crippen LogP) is 8.41. The van der Waals surface area contributed by atoms with Gasteiger partial charge in [0, 0.05) is 29.7 Å². The van der Waals surface area contributed by atoms with Gasteiger partial charge in [0.15, 0.2) is 10.1 Å². The molecule has 2 amide bonds. The number of aromatic nitrogens is 4. The third-order valence-electron chi connectivity index (χ3n) is 9.04. The number of hydrogen-bond donors (Lipinski definition) is 4. The highest BCUT2D eigenvalue weighted by Crippen LogP contribution is 2.30. The largest absolute Gasteiger partial charge is 0.493 e. The van der Waals surface area contributed by atoms with Gasteiger partial charge in [-0.15, -0.1) is 0 Å². The third kappa shape index (κ3) is 16.5. The van der Waals surface area contributed by atoms with Gasteiger partial charge in [0.25, 0.3) is 31.9 Å². The molecule has 6 aromatic rings. The van der Waals surface area contributed by atoms with Crippen molar-refractivity contribution in [2.75, 3.05) is 31.3 Å². The Hall–Kier alpha value is -7.18. The van der Waals surface area contributed by atoms with Gasteiger partial charge in [-0.1, -0.05) is 51.4 Å². The minimum absolute atomic E-state index is 0.0174. The van der Waals surface area contributed by atoms with Crippen LogP contribution in [0, 0.1) is 23.5 Å². The number of anilines is 2. The summed E-state index contributed by atoms with van der Waals surface area (Å²) in [7, 11) is -8.74. The van der Waals surface area contributed by atoms with Crippen LogP contribution in [-0.2, 0) is 20.0 Å². The Morgan fingerprint density at radius 1 is 0.634 bits per heavy atom. The summed E-state index contributed by atoms with van der Waals surface area (Å²) in [6, 6.07) is 20.9. The smallest absolute Gasteiger partial charge is 0.389 e. The predicted molar refractivity (Wildman–Crippen MR) is 252 cm³/mol. The Morgan fingerprint density at radius 2 is 1.08 bits per heavy atom. The lowest BCUT2D eigenvalue weighted by atomic mass is 10.1. The van der Waals surface area contributed by atoms with Crippen molar-refractivity contribution in [1.82, 2.24) is 29.4 Å². The lowest BCUT2D eigenvalue weighted by Gasteiger charge is -2.14. The van der Waals surface area contributed by atoms with E-state index in [9.17, 15) is 48.4 Å². The first kappa shape index (κ1) is 54.8. The van der Waals surface area contributed by atoms with E-state index in [1.807, 2.05) is 37.1 Å². The minimum atomic E-state index is -4.47. The van der Waals surface area contributed by atoms with Gasteiger partial charge < -0.3 is 25.7 Å². The Kier molecular flexibility index (Phi) is 18.2. The Balaban J connectivity index is 0.000000269. The molecule has 4 heterocycles. The summed E-state index contributed by atoms with van der Waals surface area (Å²) in [6.45, 7) is 8.01. The van der Waals surface area contributed by atoms with Crippen molar-refractivity contribution in [2.45, 2.75) is 56.8 Å². The number of pyridine rings is 4. The maximum Gasteiger partial charge on any atom is 0.389 e. The topological polar surface area (TPSA) is 258 Å². The van der Waals surface area contributed by atoms with E-state index in [1.54, 1.807) is 6.07 Å². The van der Waals surface area contributed by atoms with E-state index in [4.69, 9.17) is 37.3 Å². The monoisotopic (exact) mass is 1050 g/mol. The standard InChI is InChI=1S/C25H26F4N4O5S.C21H20ClFN4O4S/c1-15(2)14-38-18-12-16(11-17(26)13-18)20-8-7-19(24(31-20)37-10-4-9-25(27,28)29)23(34)33-39(35,36)22-6-3-5-21(30)32-22;1-12(2)11-31-15-9-13(8-14(23)10-15)17-7-6-16(20(22)25-17)21(28)27-32(29,30)19-5-3-4-18(24)26-19/h3,5-8,11-13,15H,4,9-10,14H2,1-2H3,(H2,30,32)(H,33,34);3-10,12H,11H2,1-2H3,(H2,24,26)(H,27,28). The van der Waals surface area contributed by atoms with Gasteiger partial charge in [0.1, 0.15) is 45.5 Å². The fourth-order valence-electron chi connectivity index (χ4n) is 5.82. The van der Waals surface area contributed by atoms with E-state index < -0.39 is 85.1 Å². The van der Waals surface area contributed by atoms with Crippen molar-refractivity contribution in [3.05, 3.63) is 125 Å². The molecule has 0 aliphatic heterocycles.